The molecule has 0 spiro atoms. The number of hydrogen-bond acceptors (Lipinski definition) is 4. The summed E-state index contributed by atoms with van der Waals surface area (Å²) >= 11 is 0. The SMILES string of the molecule is COc1c(CN[C@@H]2CCOc3c(F)cccc32)c(C)nn1C. The molecule has 0 amide bonds. The molecule has 0 saturated heterocycles. The van der Waals surface area contributed by atoms with Crippen molar-refractivity contribution in [1.82, 2.24) is 15.1 Å². The molecule has 1 aliphatic rings. The minimum absolute atomic E-state index is 0.0590. The summed E-state index contributed by atoms with van der Waals surface area (Å²) in [4.78, 5) is 0. The molecule has 118 valence electrons. The van der Waals surface area contributed by atoms with Crippen molar-refractivity contribution in [3.8, 4) is 11.6 Å². The molecule has 0 radical (unpaired) electrons. The largest absolute Gasteiger partial charge is 0.490 e. The Morgan fingerprint density at radius 1 is 1.50 bits per heavy atom. The van der Waals surface area contributed by atoms with E-state index < -0.39 is 0 Å². The quantitative estimate of drug-likeness (QED) is 0.943. The number of hydrogen-bond donors (Lipinski definition) is 1. The molecule has 1 N–H and O–H groups in total. The Morgan fingerprint density at radius 3 is 3.09 bits per heavy atom. The summed E-state index contributed by atoms with van der Waals surface area (Å²) in [6.07, 6.45) is 0.804. The molecular formula is C16H20FN3O2. The van der Waals surface area contributed by atoms with Crippen LogP contribution in [-0.4, -0.2) is 23.5 Å². The molecular weight excluding hydrogens is 285 g/mol. The highest BCUT2D eigenvalue weighted by atomic mass is 19.1. The van der Waals surface area contributed by atoms with E-state index in [4.69, 9.17) is 9.47 Å². The number of aryl methyl sites for hydroxylation is 2. The van der Waals surface area contributed by atoms with E-state index >= 15 is 0 Å². The summed E-state index contributed by atoms with van der Waals surface area (Å²) in [7, 11) is 3.49. The highest BCUT2D eigenvalue weighted by molar-refractivity contribution is 5.39. The Hall–Kier alpha value is -2.08. The lowest BCUT2D eigenvalue weighted by Crippen LogP contribution is -2.27. The van der Waals surface area contributed by atoms with Crippen molar-refractivity contribution in [2.75, 3.05) is 13.7 Å². The average Bonchev–Trinajstić information content (AvgIpc) is 2.78. The van der Waals surface area contributed by atoms with Gasteiger partial charge in [0.2, 0.25) is 5.88 Å². The first-order chi connectivity index (χ1) is 10.6. The predicted molar refractivity (Wildman–Crippen MR) is 80.6 cm³/mol. The van der Waals surface area contributed by atoms with E-state index in [0.717, 1.165) is 29.1 Å². The van der Waals surface area contributed by atoms with Crippen molar-refractivity contribution in [3.63, 3.8) is 0 Å². The predicted octanol–water partition coefficient (Wildman–Crippen LogP) is 2.49. The Kier molecular flexibility index (Phi) is 4.02. The van der Waals surface area contributed by atoms with E-state index in [1.54, 1.807) is 17.9 Å². The molecule has 1 aromatic carbocycles. The molecule has 0 aliphatic carbocycles. The molecule has 2 aromatic rings. The topological polar surface area (TPSA) is 48.3 Å². The van der Waals surface area contributed by atoms with Crippen molar-refractivity contribution in [2.24, 2.45) is 7.05 Å². The molecule has 0 unspecified atom stereocenters. The third-order valence-corrected chi connectivity index (χ3v) is 4.03. The minimum Gasteiger partial charge on any atom is -0.490 e. The van der Waals surface area contributed by atoms with Gasteiger partial charge in [-0.3, -0.25) is 0 Å². The highest BCUT2D eigenvalue weighted by Crippen LogP contribution is 2.34. The summed E-state index contributed by atoms with van der Waals surface area (Å²) in [5.74, 6) is 0.803. The van der Waals surface area contributed by atoms with E-state index in [-0.39, 0.29) is 11.9 Å². The third-order valence-electron chi connectivity index (χ3n) is 4.03. The molecule has 0 saturated carbocycles. The van der Waals surface area contributed by atoms with Gasteiger partial charge in [0.15, 0.2) is 11.6 Å². The van der Waals surface area contributed by atoms with Gasteiger partial charge in [-0.15, -0.1) is 0 Å². The Labute approximate surface area is 129 Å². The molecule has 0 fully saturated rings. The van der Waals surface area contributed by atoms with E-state index in [2.05, 4.69) is 10.4 Å². The van der Waals surface area contributed by atoms with Crippen molar-refractivity contribution < 1.29 is 13.9 Å². The Bertz CT molecular complexity index is 684. The summed E-state index contributed by atoms with van der Waals surface area (Å²) in [6.45, 7) is 3.08. The van der Waals surface area contributed by atoms with Crippen molar-refractivity contribution in [1.29, 1.82) is 0 Å². The van der Waals surface area contributed by atoms with Crippen LogP contribution >= 0.6 is 0 Å². The fourth-order valence-electron chi connectivity index (χ4n) is 2.96. The molecule has 1 aliphatic heterocycles. The van der Waals surface area contributed by atoms with Crippen LogP contribution in [0.1, 0.15) is 29.3 Å². The number of benzene rings is 1. The summed E-state index contributed by atoms with van der Waals surface area (Å²) in [5.41, 5.74) is 2.82. The first kappa shape index (κ1) is 14.8. The number of methoxy groups -OCH3 is 1. The molecule has 2 heterocycles. The summed E-state index contributed by atoms with van der Waals surface area (Å²) in [5, 5.41) is 7.84. The van der Waals surface area contributed by atoms with Crippen molar-refractivity contribution >= 4 is 0 Å². The second-order valence-electron chi connectivity index (χ2n) is 5.43. The first-order valence-corrected chi connectivity index (χ1v) is 7.33. The van der Waals surface area contributed by atoms with E-state index in [1.165, 1.54) is 6.07 Å². The van der Waals surface area contributed by atoms with Crippen molar-refractivity contribution in [3.05, 3.63) is 40.8 Å². The highest BCUT2D eigenvalue weighted by Gasteiger charge is 2.24. The standard InChI is InChI=1S/C16H20FN3O2/c1-10-12(16(21-3)20(2)19-10)9-18-14-7-8-22-15-11(14)5-4-6-13(15)17/h4-6,14,18H,7-9H2,1-3H3/t14-/m1/s1. The van der Waals surface area contributed by atoms with Crippen LogP contribution < -0.4 is 14.8 Å². The van der Waals surface area contributed by atoms with E-state index in [1.807, 2.05) is 20.0 Å². The fourth-order valence-corrected chi connectivity index (χ4v) is 2.96. The number of halogens is 1. The van der Waals surface area contributed by atoms with E-state index in [9.17, 15) is 4.39 Å². The lowest BCUT2D eigenvalue weighted by molar-refractivity contribution is 0.240. The van der Waals surface area contributed by atoms with Crippen LogP contribution in [-0.2, 0) is 13.6 Å². The molecule has 1 atom stereocenters. The maximum absolute atomic E-state index is 13.8. The number of nitrogens with one attached hydrogen (secondary N) is 1. The zero-order valence-electron chi connectivity index (χ0n) is 13.0. The summed E-state index contributed by atoms with van der Waals surface area (Å²) < 4.78 is 26.4. The molecule has 3 rings (SSSR count). The van der Waals surface area contributed by atoms with Gasteiger partial charge in [-0.25, -0.2) is 9.07 Å². The van der Waals surface area contributed by atoms with Gasteiger partial charge in [0.1, 0.15) is 0 Å². The van der Waals surface area contributed by atoms with Crippen LogP contribution in [0.25, 0.3) is 0 Å². The average molecular weight is 305 g/mol. The van der Waals surface area contributed by atoms with Crippen molar-refractivity contribution in [2.45, 2.75) is 25.9 Å². The zero-order valence-corrected chi connectivity index (χ0v) is 13.0. The van der Waals surface area contributed by atoms with Crippen LogP contribution in [0.15, 0.2) is 18.2 Å². The van der Waals surface area contributed by atoms with Crippen LogP contribution in [0.2, 0.25) is 0 Å². The number of fused-ring (bicyclic) bond motifs is 1. The lowest BCUT2D eigenvalue weighted by Gasteiger charge is -2.27. The maximum Gasteiger partial charge on any atom is 0.216 e. The van der Waals surface area contributed by atoms with Gasteiger partial charge in [-0.05, 0) is 13.0 Å². The van der Waals surface area contributed by atoms with Gasteiger partial charge in [0, 0.05) is 31.6 Å². The molecule has 22 heavy (non-hydrogen) atoms. The second-order valence-corrected chi connectivity index (χ2v) is 5.43. The molecule has 0 bridgehead atoms. The summed E-state index contributed by atoms with van der Waals surface area (Å²) in [6, 6.07) is 5.11. The van der Waals surface area contributed by atoms with Crippen LogP contribution in [0.3, 0.4) is 0 Å². The molecule has 1 aromatic heterocycles. The van der Waals surface area contributed by atoms with Gasteiger partial charge >= 0.3 is 0 Å². The van der Waals surface area contributed by atoms with Crippen LogP contribution in [0.5, 0.6) is 11.6 Å². The number of aromatic nitrogens is 2. The zero-order chi connectivity index (χ0) is 15.7. The lowest BCUT2D eigenvalue weighted by atomic mass is 10.00. The molecule has 5 nitrogen and oxygen atoms in total. The van der Waals surface area contributed by atoms with Gasteiger partial charge in [0.05, 0.1) is 25.0 Å². The maximum atomic E-state index is 13.8. The monoisotopic (exact) mass is 305 g/mol. The Balaban J connectivity index is 1.80. The number of ether oxygens (including phenoxy) is 2. The second kappa shape index (κ2) is 5.96. The van der Waals surface area contributed by atoms with Gasteiger partial charge in [-0.2, -0.15) is 5.10 Å². The fraction of sp³-hybridized carbons (Fsp3) is 0.438. The minimum atomic E-state index is -0.306. The first-order valence-electron chi connectivity index (χ1n) is 7.33. The molecule has 6 heteroatoms. The van der Waals surface area contributed by atoms with E-state index in [0.29, 0.717) is 18.9 Å². The van der Waals surface area contributed by atoms with Crippen LogP contribution in [0, 0.1) is 12.7 Å². The van der Waals surface area contributed by atoms with Gasteiger partial charge < -0.3 is 14.8 Å². The van der Waals surface area contributed by atoms with Crippen LogP contribution in [0.4, 0.5) is 4.39 Å². The van der Waals surface area contributed by atoms with Gasteiger partial charge in [0.25, 0.3) is 0 Å². The number of rotatable bonds is 4. The normalized spacial score (nSPS) is 17.0. The Morgan fingerprint density at radius 2 is 2.32 bits per heavy atom. The number of nitrogens with zero attached hydrogens (tertiary/aromatic N) is 2. The third kappa shape index (κ3) is 2.54. The van der Waals surface area contributed by atoms with Gasteiger partial charge in [-0.1, -0.05) is 12.1 Å². The number of para-hydroxylation sites is 1. The smallest absolute Gasteiger partial charge is 0.216 e.